The summed E-state index contributed by atoms with van der Waals surface area (Å²) in [5, 5.41) is 3.97. The van der Waals surface area contributed by atoms with E-state index < -0.39 is 0 Å². The van der Waals surface area contributed by atoms with Crippen LogP contribution < -0.4 is 5.73 Å². The Morgan fingerprint density at radius 3 is 2.74 bits per heavy atom. The van der Waals surface area contributed by atoms with Gasteiger partial charge in [0, 0.05) is 43.3 Å². The molecule has 1 aromatic carbocycles. The maximum Gasteiger partial charge on any atom is 0.227 e. The van der Waals surface area contributed by atoms with E-state index in [1.165, 1.54) is 12.1 Å². The van der Waals surface area contributed by atoms with Gasteiger partial charge in [0.1, 0.15) is 5.82 Å². The second-order valence-electron chi connectivity index (χ2n) is 7.89. The van der Waals surface area contributed by atoms with Crippen molar-refractivity contribution in [2.45, 2.75) is 51.0 Å². The van der Waals surface area contributed by atoms with E-state index in [4.69, 9.17) is 10.3 Å². The number of hydrogen-bond donors (Lipinski definition) is 1. The molecule has 2 atom stereocenters. The molecule has 27 heavy (non-hydrogen) atoms. The number of aryl methyl sites for hydroxylation is 1. The molecule has 6 nitrogen and oxygen atoms in total. The van der Waals surface area contributed by atoms with Crippen molar-refractivity contribution in [3.63, 3.8) is 0 Å². The molecule has 2 N–H and O–H groups in total. The van der Waals surface area contributed by atoms with E-state index in [0.717, 1.165) is 5.56 Å². The Morgan fingerprint density at radius 2 is 2.11 bits per heavy atom. The summed E-state index contributed by atoms with van der Waals surface area (Å²) in [7, 11) is 0. The van der Waals surface area contributed by atoms with E-state index in [0.29, 0.717) is 31.2 Å². The van der Waals surface area contributed by atoms with Crippen LogP contribution in [-0.4, -0.2) is 40.1 Å². The second kappa shape index (κ2) is 8.35. The summed E-state index contributed by atoms with van der Waals surface area (Å²) in [5.41, 5.74) is 6.83. The van der Waals surface area contributed by atoms with E-state index in [9.17, 15) is 9.18 Å². The quantitative estimate of drug-likeness (QED) is 0.858. The average molecular weight is 397 g/mol. The summed E-state index contributed by atoms with van der Waals surface area (Å²) >= 11 is 0. The molecule has 0 aliphatic carbocycles. The molecule has 8 heteroatoms. The Bertz CT molecular complexity index is 790. The fourth-order valence-electron chi connectivity index (χ4n) is 3.16. The van der Waals surface area contributed by atoms with Gasteiger partial charge in [-0.25, -0.2) is 4.39 Å². The van der Waals surface area contributed by atoms with E-state index in [1.807, 2.05) is 26.8 Å². The Balaban J connectivity index is 0.00000261. The zero-order valence-corrected chi connectivity index (χ0v) is 16.6. The molecule has 1 aliphatic heterocycles. The van der Waals surface area contributed by atoms with Gasteiger partial charge in [0.15, 0.2) is 5.82 Å². The van der Waals surface area contributed by atoms with Gasteiger partial charge in [0.25, 0.3) is 0 Å². The second-order valence-corrected chi connectivity index (χ2v) is 7.89. The van der Waals surface area contributed by atoms with Crippen LogP contribution in [0.15, 0.2) is 28.8 Å². The van der Waals surface area contributed by atoms with Crippen LogP contribution in [-0.2, 0) is 16.6 Å². The molecule has 0 saturated carbocycles. The Labute approximate surface area is 164 Å². The summed E-state index contributed by atoms with van der Waals surface area (Å²) in [4.78, 5) is 18.6. The monoisotopic (exact) mass is 396 g/mol. The summed E-state index contributed by atoms with van der Waals surface area (Å²) in [6.45, 7) is 6.98. The SMILES string of the molecule is CC(C)(C)c1noc(CCC(=O)N2C[C@@H](N)[C@H](c3cccc(F)c3)C2)n1.Cl. The largest absolute Gasteiger partial charge is 0.340 e. The molecule has 3 rings (SSSR count). The molecule has 1 aromatic heterocycles. The van der Waals surface area contributed by atoms with Crippen molar-refractivity contribution in [3.8, 4) is 0 Å². The first-order chi connectivity index (χ1) is 12.2. The van der Waals surface area contributed by atoms with Crippen LogP contribution >= 0.6 is 12.4 Å². The summed E-state index contributed by atoms with van der Waals surface area (Å²) in [6.07, 6.45) is 0.687. The lowest BCUT2D eigenvalue weighted by Crippen LogP contribution is -2.32. The van der Waals surface area contributed by atoms with E-state index in [-0.39, 0.29) is 47.9 Å². The third-order valence-corrected chi connectivity index (χ3v) is 4.69. The van der Waals surface area contributed by atoms with Crippen LogP contribution in [0.2, 0.25) is 0 Å². The van der Waals surface area contributed by atoms with Crippen molar-refractivity contribution in [1.82, 2.24) is 15.0 Å². The van der Waals surface area contributed by atoms with E-state index >= 15 is 0 Å². The molecule has 1 aliphatic rings. The molecule has 1 amide bonds. The topological polar surface area (TPSA) is 85.2 Å². The zero-order chi connectivity index (χ0) is 18.9. The van der Waals surface area contributed by atoms with Crippen LogP contribution in [0, 0.1) is 5.82 Å². The number of nitrogens with two attached hydrogens (primary N) is 1. The molecule has 148 valence electrons. The summed E-state index contributed by atoms with van der Waals surface area (Å²) in [5.74, 6) is 0.758. The highest BCUT2D eigenvalue weighted by Crippen LogP contribution is 2.27. The van der Waals surface area contributed by atoms with Gasteiger partial charge in [-0.15, -0.1) is 12.4 Å². The van der Waals surface area contributed by atoms with Crippen LogP contribution in [0.5, 0.6) is 0 Å². The van der Waals surface area contributed by atoms with Gasteiger partial charge in [0.2, 0.25) is 11.8 Å². The molecule has 0 bridgehead atoms. The van der Waals surface area contributed by atoms with Gasteiger partial charge in [-0.2, -0.15) is 4.98 Å². The van der Waals surface area contributed by atoms with Gasteiger partial charge in [-0.1, -0.05) is 38.1 Å². The average Bonchev–Trinajstić information content (AvgIpc) is 3.19. The molecular weight excluding hydrogens is 371 g/mol. The maximum absolute atomic E-state index is 13.5. The molecule has 2 heterocycles. The number of benzene rings is 1. The normalized spacial score (nSPS) is 19.8. The molecule has 2 aromatic rings. The van der Waals surface area contributed by atoms with E-state index in [2.05, 4.69) is 10.1 Å². The van der Waals surface area contributed by atoms with Crippen molar-refractivity contribution >= 4 is 18.3 Å². The van der Waals surface area contributed by atoms with Crippen LogP contribution in [0.25, 0.3) is 0 Å². The van der Waals surface area contributed by atoms with Crippen molar-refractivity contribution in [1.29, 1.82) is 0 Å². The van der Waals surface area contributed by atoms with Crippen LogP contribution in [0.3, 0.4) is 0 Å². The first-order valence-corrected chi connectivity index (χ1v) is 8.86. The first-order valence-electron chi connectivity index (χ1n) is 8.86. The lowest BCUT2D eigenvalue weighted by atomic mass is 9.95. The minimum absolute atomic E-state index is 0. The summed E-state index contributed by atoms with van der Waals surface area (Å²) < 4.78 is 18.7. The highest BCUT2D eigenvalue weighted by Gasteiger charge is 2.34. The Hall–Kier alpha value is -1.99. The number of likely N-dealkylation sites (tertiary alicyclic amines) is 1. The van der Waals surface area contributed by atoms with Crippen molar-refractivity contribution in [2.75, 3.05) is 13.1 Å². The molecule has 1 saturated heterocycles. The van der Waals surface area contributed by atoms with Gasteiger partial charge in [-0.05, 0) is 17.7 Å². The number of carbonyl (C=O) groups excluding carboxylic acids is 1. The van der Waals surface area contributed by atoms with Gasteiger partial charge in [-0.3, -0.25) is 4.79 Å². The number of nitrogens with zero attached hydrogens (tertiary/aromatic N) is 3. The lowest BCUT2D eigenvalue weighted by molar-refractivity contribution is -0.130. The third kappa shape index (κ3) is 5.05. The molecule has 0 spiro atoms. The molecule has 0 radical (unpaired) electrons. The number of amides is 1. The van der Waals surface area contributed by atoms with E-state index in [1.54, 1.807) is 11.0 Å². The number of carbonyl (C=O) groups is 1. The first kappa shape index (κ1) is 21.3. The number of rotatable bonds is 4. The predicted octanol–water partition coefficient (Wildman–Crippen LogP) is 2.81. The minimum Gasteiger partial charge on any atom is -0.340 e. The minimum atomic E-state index is -0.287. The van der Waals surface area contributed by atoms with Crippen LogP contribution in [0.4, 0.5) is 4.39 Å². The van der Waals surface area contributed by atoms with Crippen LogP contribution in [0.1, 0.15) is 50.4 Å². The highest BCUT2D eigenvalue weighted by atomic mass is 35.5. The van der Waals surface area contributed by atoms with Crippen molar-refractivity contribution < 1.29 is 13.7 Å². The third-order valence-electron chi connectivity index (χ3n) is 4.69. The predicted molar refractivity (Wildman–Crippen MR) is 102 cm³/mol. The fourth-order valence-corrected chi connectivity index (χ4v) is 3.16. The standard InChI is InChI=1S/C19H25FN4O2.ClH/c1-19(2,3)18-22-16(26-23-18)7-8-17(25)24-10-14(15(21)11-24)12-5-4-6-13(20)9-12;/h4-6,9,14-15H,7-8,10-11,21H2,1-3H3;1H/t14-,15+;/m0./s1. The fraction of sp³-hybridized carbons (Fsp3) is 0.526. The molecular formula is C19H26ClFN4O2. The highest BCUT2D eigenvalue weighted by molar-refractivity contribution is 5.85. The smallest absolute Gasteiger partial charge is 0.227 e. The number of aromatic nitrogens is 2. The number of hydrogen-bond acceptors (Lipinski definition) is 5. The summed E-state index contributed by atoms with van der Waals surface area (Å²) in [6, 6.07) is 6.23. The van der Waals surface area contributed by atoms with Gasteiger partial charge < -0.3 is 15.2 Å². The number of halogens is 2. The Kier molecular flexibility index (Phi) is 6.59. The van der Waals surface area contributed by atoms with Crippen molar-refractivity contribution in [3.05, 3.63) is 47.4 Å². The maximum atomic E-state index is 13.5. The van der Waals surface area contributed by atoms with Gasteiger partial charge >= 0.3 is 0 Å². The zero-order valence-electron chi connectivity index (χ0n) is 15.8. The van der Waals surface area contributed by atoms with Gasteiger partial charge in [0.05, 0.1) is 0 Å². The Morgan fingerprint density at radius 1 is 1.37 bits per heavy atom. The molecule has 1 fully saturated rings. The molecule has 0 unspecified atom stereocenters. The van der Waals surface area contributed by atoms with Crippen molar-refractivity contribution in [2.24, 2.45) is 5.73 Å². The lowest BCUT2D eigenvalue weighted by Gasteiger charge is -2.16.